The van der Waals surface area contributed by atoms with Crippen LogP contribution in [0.3, 0.4) is 0 Å². The topological polar surface area (TPSA) is 93.4 Å². The molecule has 0 aliphatic rings. The summed E-state index contributed by atoms with van der Waals surface area (Å²) in [6.45, 7) is 5.13. The van der Waals surface area contributed by atoms with E-state index in [1.54, 1.807) is 26.8 Å². The lowest BCUT2D eigenvalue weighted by Crippen LogP contribution is -2.32. The predicted molar refractivity (Wildman–Crippen MR) is 82.0 cm³/mol. The van der Waals surface area contributed by atoms with Gasteiger partial charge in [-0.1, -0.05) is 12.1 Å². The molecule has 8 heteroatoms. The number of carbonyl (C=O) groups excluding carboxylic acids is 2. The molecule has 0 bridgehead atoms. The Morgan fingerprint density at radius 1 is 1.30 bits per heavy atom. The Balaban J connectivity index is 2.89. The Hall–Kier alpha value is -2.22. The van der Waals surface area contributed by atoms with Crippen LogP contribution in [0.2, 0.25) is 0 Å². The molecule has 1 aromatic carbocycles. The monoisotopic (exact) mass is 329 g/mol. The van der Waals surface area contributed by atoms with Crippen molar-refractivity contribution in [2.75, 3.05) is 5.32 Å². The van der Waals surface area contributed by atoms with Gasteiger partial charge in [-0.15, -0.1) is 0 Å². The average Bonchev–Trinajstić information content (AvgIpc) is 2.42. The van der Waals surface area contributed by atoms with Crippen molar-refractivity contribution in [2.45, 2.75) is 45.1 Å². The highest BCUT2D eigenvalue weighted by atomic mass is 19.3. The van der Waals surface area contributed by atoms with Gasteiger partial charge in [0.05, 0.1) is 5.92 Å². The summed E-state index contributed by atoms with van der Waals surface area (Å²) in [4.78, 5) is 23.0. The highest BCUT2D eigenvalue weighted by Crippen LogP contribution is 2.28. The van der Waals surface area contributed by atoms with Crippen LogP contribution < -0.4 is 16.6 Å². The Morgan fingerprint density at radius 2 is 1.96 bits per heavy atom. The van der Waals surface area contributed by atoms with Gasteiger partial charge in [0.15, 0.2) is 0 Å². The third kappa shape index (κ3) is 6.60. The Morgan fingerprint density at radius 3 is 2.48 bits per heavy atom. The van der Waals surface area contributed by atoms with Gasteiger partial charge < -0.3 is 4.74 Å². The van der Waals surface area contributed by atoms with Crippen molar-refractivity contribution in [1.82, 2.24) is 5.43 Å². The summed E-state index contributed by atoms with van der Waals surface area (Å²) < 4.78 is 31.4. The SMILES string of the molecule is CC(C)(C)OC(=O)Nc1cccc(C(CC(=O)NN)C(F)F)c1. The normalized spacial score (nSPS) is 12.7. The first kappa shape index (κ1) is 18.8. The van der Waals surface area contributed by atoms with E-state index in [1.165, 1.54) is 18.2 Å². The minimum absolute atomic E-state index is 0.220. The molecule has 0 aliphatic carbocycles. The van der Waals surface area contributed by atoms with Crippen LogP contribution in [-0.2, 0) is 9.53 Å². The summed E-state index contributed by atoms with van der Waals surface area (Å²) in [5.74, 6) is 2.92. The molecule has 0 saturated carbocycles. The van der Waals surface area contributed by atoms with Crippen LogP contribution in [0.5, 0.6) is 0 Å². The molecule has 0 radical (unpaired) electrons. The molecule has 4 N–H and O–H groups in total. The maximum absolute atomic E-state index is 13.2. The van der Waals surface area contributed by atoms with Crippen LogP contribution in [0.25, 0.3) is 0 Å². The van der Waals surface area contributed by atoms with Crippen LogP contribution >= 0.6 is 0 Å². The largest absolute Gasteiger partial charge is 0.444 e. The molecular weight excluding hydrogens is 308 g/mol. The maximum Gasteiger partial charge on any atom is 0.412 e. The first-order chi connectivity index (χ1) is 10.6. The molecule has 0 fully saturated rings. The number of rotatable bonds is 5. The van der Waals surface area contributed by atoms with Gasteiger partial charge in [-0.25, -0.2) is 19.4 Å². The van der Waals surface area contributed by atoms with E-state index in [-0.39, 0.29) is 5.56 Å². The van der Waals surface area contributed by atoms with Crippen molar-refractivity contribution in [3.8, 4) is 0 Å². The number of hydrogen-bond acceptors (Lipinski definition) is 4. The molecule has 0 spiro atoms. The minimum atomic E-state index is -2.75. The third-order valence-electron chi connectivity index (χ3n) is 2.83. The molecule has 6 nitrogen and oxygen atoms in total. The fourth-order valence-corrected chi connectivity index (χ4v) is 1.88. The number of anilines is 1. The number of alkyl halides is 2. The molecule has 1 rings (SSSR count). The second kappa shape index (κ2) is 7.87. The Bertz CT molecular complexity index is 559. The highest BCUT2D eigenvalue weighted by Gasteiger charge is 2.25. The van der Waals surface area contributed by atoms with Crippen LogP contribution in [0.15, 0.2) is 24.3 Å². The standard InChI is InChI=1S/C15H21F2N3O3/c1-15(2,3)23-14(22)19-10-6-4-5-9(7-10)11(13(16)17)8-12(21)20-18/h4-7,11,13H,8,18H2,1-3H3,(H,19,22)(H,20,21). The fraction of sp³-hybridized carbons (Fsp3) is 0.467. The minimum Gasteiger partial charge on any atom is -0.444 e. The van der Waals surface area contributed by atoms with Crippen molar-refractivity contribution in [3.05, 3.63) is 29.8 Å². The van der Waals surface area contributed by atoms with Gasteiger partial charge in [-0.3, -0.25) is 15.5 Å². The van der Waals surface area contributed by atoms with Crippen molar-refractivity contribution >= 4 is 17.7 Å². The van der Waals surface area contributed by atoms with Crippen molar-refractivity contribution < 1.29 is 23.1 Å². The quantitative estimate of drug-likeness (QED) is 0.440. The van der Waals surface area contributed by atoms with Gasteiger partial charge in [-0.2, -0.15) is 0 Å². The van der Waals surface area contributed by atoms with Gasteiger partial charge in [0.25, 0.3) is 0 Å². The molecule has 1 unspecified atom stereocenters. The van der Waals surface area contributed by atoms with Crippen molar-refractivity contribution in [2.24, 2.45) is 5.84 Å². The van der Waals surface area contributed by atoms with E-state index in [0.29, 0.717) is 5.69 Å². The van der Waals surface area contributed by atoms with Crippen molar-refractivity contribution in [1.29, 1.82) is 0 Å². The zero-order chi connectivity index (χ0) is 17.6. The number of halogens is 2. The van der Waals surface area contributed by atoms with Gasteiger partial charge in [0, 0.05) is 12.1 Å². The zero-order valence-corrected chi connectivity index (χ0v) is 13.2. The number of amides is 2. The number of hydrazine groups is 1. The summed E-state index contributed by atoms with van der Waals surface area (Å²) in [6.07, 6.45) is -3.89. The number of ether oxygens (including phenoxy) is 1. The number of hydrogen-bond donors (Lipinski definition) is 3. The molecule has 1 aromatic rings. The molecule has 0 saturated heterocycles. The maximum atomic E-state index is 13.2. The zero-order valence-electron chi connectivity index (χ0n) is 13.2. The van der Waals surface area contributed by atoms with Crippen LogP contribution in [0.1, 0.15) is 38.7 Å². The lowest BCUT2D eigenvalue weighted by atomic mass is 9.95. The third-order valence-corrected chi connectivity index (χ3v) is 2.83. The molecule has 23 heavy (non-hydrogen) atoms. The lowest BCUT2D eigenvalue weighted by Gasteiger charge is -2.20. The molecule has 2 amide bonds. The number of nitrogens with two attached hydrogens (primary N) is 1. The van der Waals surface area contributed by atoms with E-state index in [4.69, 9.17) is 10.6 Å². The number of nitrogens with one attached hydrogen (secondary N) is 2. The van der Waals surface area contributed by atoms with Gasteiger partial charge >= 0.3 is 6.09 Å². The first-order valence-corrected chi connectivity index (χ1v) is 7.00. The Labute approximate surface area is 133 Å². The molecule has 0 aliphatic heterocycles. The van der Waals surface area contributed by atoms with Crippen molar-refractivity contribution in [3.63, 3.8) is 0 Å². The summed E-state index contributed by atoms with van der Waals surface area (Å²) in [5, 5.41) is 2.47. The van der Waals surface area contributed by atoms with Crippen LogP contribution in [0.4, 0.5) is 19.3 Å². The van der Waals surface area contributed by atoms with Gasteiger partial charge in [0.1, 0.15) is 5.60 Å². The fourth-order valence-electron chi connectivity index (χ4n) is 1.88. The van der Waals surface area contributed by atoms with Gasteiger partial charge in [-0.05, 0) is 38.5 Å². The second-order valence-corrected chi connectivity index (χ2v) is 5.96. The van der Waals surface area contributed by atoms with E-state index in [0.717, 1.165) is 0 Å². The number of benzene rings is 1. The lowest BCUT2D eigenvalue weighted by molar-refractivity contribution is -0.122. The smallest absolute Gasteiger partial charge is 0.412 e. The summed E-state index contributed by atoms with van der Waals surface area (Å²) in [7, 11) is 0. The second-order valence-electron chi connectivity index (χ2n) is 5.96. The van der Waals surface area contributed by atoms with Crippen LogP contribution in [-0.4, -0.2) is 24.0 Å². The van der Waals surface area contributed by atoms with E-state index < -0.39 is 36.4 Å². The average molecular weight is 329 g/mol. The van der Waals surface area contributed by atoms with E-state index in [1.807, 2.05) is 5.43 Å². The molecule has 0 aromatic heterocycles. The summed E-state index contributed by atoms with van der Waals surface area (Å²) >= 11 is 0. The highest BCUT2D eigenvalue weighted by molar-refractivity contribution is 5.85. The van der Waals surface area contributed by atoms with E-state index >= 15 is 0 Å². The van der Waals surface area contributed by atoms with E-state index in [2.05, 4.69) is 5.32 Å². The van der Waals surface area contributed by atoms with Gasteiger partial charge in [0.2, 0.25) is 12.3 Å². The molecular formula is C15H21F2N3O3. The molecule has 1 atom stereocenters. The summed E-state index contributed by atoms with van der Waals surface area (Å²) in [5.41, 5.74) is 1.68. The number of carbonyl (C=O) groups is 2. The summed E-state index contributed by atoms with van der Waals surface area (Å²) in [6, 6.07) is 5.89. The predicted octanol–water partition coefficient (Wildman–Crippen LogP) is 2.76. The van der Waals surface area contributed by atoms with Crippen LogP contribution in [0, 0.1) is 0 Å². The molecule has 0 heterocycles. The Kier molecular flexibility index (Phi) is 6.44. The molecule has 128 valence electrons. The first-order valence-electron chi connectivity index (χ1n) is 7.00. The van der Waals surface area contributed by atoms with E-state index in [9.17, 15) is 18.4 Å².